The number of alkyl carbamates (subject to hydrolysis) is 1. The average Bonchev–Trinajstić information content (AvgIpc) is 2.33. The third-order valence-electron chi connectivity index (χ3n) is 2.70. The van der Waals surface area contributed by atoms with Crippen molar-refractivity contribution in [1.29, 1.82) is 0 Å². The molecule has 8 heteroatoms. The number of hydrogen-bond donors (Lipinski definition) is 3. The minimum Gasteiger partial charge on any atom is -0.444 e. The van der Waals surface area contributed by atoms with E-state index in [0.717, 1.165) is 0 Å². The summed E-state index contributed by atoms with van der Waals surface area (Å²) in [7, 11) is 0. The Balaban J connectivity index is 2.46. The van der Waals surface area contributed by atoms with Crippen LogP contribution in [0.1, 0.15) is 47.5 Å². The molecule has 0 unspecified atom stereocenters. The van der Waals surface area contributed by atoms with Crippen LogP contribution in [-0.2, 0) is 14.3 Å². The van der Waals surface area contributed by atoms with Gasteiger partial charge in [0.1, 0.15) is 11.3 Å². The number of hydrazone groups is 1. The number of rotatable bonds is 4. The number of hydrogen-bond acceptors (Lipinski definition) is 5. The highest BCUT2D eigenvalue weighted by Crippen LogP contribution is 2.09. The van der Waals surface area contributed by atoms with Crippen LogP contribution in [0.3, 0.4) is 0 Å². The Bertz CT molecular complexity index is 492. The van der Waals surface area contributed by atoms with E-state index in [1.807, 2.05) is 0 Å². The van der Waals surface area contributed by atoms with Crippen molar-refractivity contribution in [2.45, 2.75) is 58.6 Å². The largest absolute Gasteiger partial charge is 0.444 e. The van der Waals surface area contributed by atoms with E-state index < -0.39 is 17.2 Å². The normalized spacial score (nSPS) is 15.5. The summed E-state index contributed by atoms with van der Waals surface area (Å²) in [6.45, 7) is 9.06. The van der Waals surface area contributed by atoms with Crippen LogP contribution in [0.25, 0.3) is 0 Å². The Morgan fingerprint density at radius 3 is 2.36 bits per heavy atom. The van der Waals surface area contributed by atoms with E-state index in [1.165, 1.54) is 0 Å². The molecule has 0 aromatic carbocycles. The molecule has 0 spiro atoms. The molecule has 1 heterocycles. The fourth-order valence-corrected chi connectivity index (χ4v) is 1.67. The molecule has 22 heavy (non-hydrogen) atoms. The van der Waals surface area contributed by atoms with Crippen molar-refractivity contribution in [2.75, 3.05) is 6.54 Å². The molecule has 1 aliphatic rings. The summed E-state index contributed by atoms with van der Waals surface area (Å²) >= 11 is 0. The first kappa shape index (κ1) is 17.9. The Kier molecular flexibility index (Phi) is 5.51. The van der Waals surface area contributed by atoms with Crippen LogP contribution in [0.2, 0.25) is 0 Å². The quantitative estimate of drug-likeness (QED) is 0.709. The molecule has 0 bridgehead atoms. The molecule has 3 amide bonds. The van der Waals surface area contributed by atoms with Gasteiger partial charge in [0.15, 0.2) is 0 Å². The molecule has 1 aliphatic heterocycles. The van der Waals surface area contributed by atoms with Gasteiger partial charge < -0.3 is 15.4 Å². The summed E-state index contributed by atoms with van der Waals surface area (Å²) in [5, 5.41) is 9.09. The van der Waals surface area contributed by atoms with E-state index in [9.17, 15) is 14.4 Å². The molecule has 8 nitrogen and oxygen atoms in total. The lowest BCUT2D eigenvalue weighted by Gasteiger charge is -2.29. The maximum atomic E-state index is 11.9. The lowest BCUT2D eigenvalue weighted by molar-refractivity contribution is -0.121. The fraction of sp³-hybridized carbons (Fsp3) is 0.714. The summed E-state index contributed by atoms with van der Waals surface area (Å²) in [4.78, 5) is 34.6. The molecular formula is C14H24N4O4. The molecule has 124 valence electrons. The zero-order valence-corrected chi connectivity index (χ0v) is 13.7. The van der Waals surface area contributed by atoms with E-state index in [0.29, 0.717) is 6.42 Å². The lowest BCUT2D eigenvalue weighted by Crippen LogP contribution is -2.53. The third-order valence-corrected chi connectivity index (χ3v) is 2.70. The van der Waals surface area contributed by atoms with Crippen molar-refractivity contribution in [1.82, 2.24) is 16.1 Å². The highest BCUT2D eigenvalue weighted by Gasteiger charge is 2.26. The van der Waals surface area contributed by atoms with Crippen LogP contribution in [0.4, 0.5) is 4.79 Å². The van der Waals surface area contributed by atoms with Gasteiger partial charge >= 0.3 is 6.09 Å². The van der Waals surface area contributed by atoms with Crippen LogP contribution >= 0.6 is 0 Å². The van der Waals surface area contributed by atoms with Gasteiger partial charge in [0.05, 0.1) is 5.54 Å². The predicted octanol–water partition coefficient (Wildman–Crippen LogP) is 0.672. The Hall–Kier alpha value is -2.12. The fourth-order valence-electron chi connectivity index (χ4n) is 1.67. The molecule has 0 atom stereocenters. The second-order valence-corrected chi connectivity index (χ2v) is 6.79. The Morgan fingerprint density at radius 2 is 1.86 bits per heavy atom. The van der Waals surface area contributed by atoms with Gasteiger partial charge in [-0.25, -0.2) is 10.2 Å². The highest BCUT2D eigenvalue weighted by atomic mass is 16.6. The van der Waals surface area contributed by atoms with Crippen LogP contribution < -0.4 is 16.1 Å². The summed E-state index contributed by atoms with van der Waals surface area (Å²) in [6, 6.07) is 0. The van der Waals surface area contributed by atoms with Gasteiger partial charge in [-0.2, -0.15) is 5.10 Å². The molecule has 1 rings (SSSR count). The second kappa shape index (κ2) is 6.76. The van der Waals surface area contributed by atoms with Gasteiger partial charge in [-0.3, -0.25) is 9.59 Å². The van der Waals surface area contributed by atoms with Gasteiger partial charge in [-0.1, -0.05) is 0 Å². The molecule has 0 aromatic heterocycles. The number of carbonyl (C=O) groups excluding carboxylic acids is 3. The maximum Gasteiger partial charge on any atom is 0.408 e. The van der Waals surface area contributed by atoms with Gasteiger partial charge in [-0.15, -0.1) is 0 Å². The van der Waals surface area contributed by atoms with E-state index in [2.05, 4.69) is 21.2 Å². The van der Waals surface area contributed by atoms with Gasteiger partial charge in [-0.05, 0) is 34.6 Å². The summed E-state index contributed by atoms with van der Waals surface area (Å²) in [6.07, 6.45) is -0.00217. The first-order chi connectivity index (χ1) is 9.98. The van der Waals surface area contributed by atoms with Crippen molar-refractivity contribution in [3.63, 3.8) is 0 Å². The SMILES string of the molecule is CC(C)(CNC(=O)C1=NNC(=O)CC1)NC(=O)OC(C)(C)C. The van der Waals surface area contributed by atoms with Crippen molar-refractivity contribution in [3.05, 3.63) is 0 Å². The molecule has 0 aliphatic carbocycles. The van der Waals surface area contributed by atoms with Crippen molar-refractivity contribution < 1.29 is 19.1 Å². The van der Waals surface area contributed by atoms with Crippen LogP contribution in [0, 0.1) is 0 Å². The zero-order chi connectivity index (χ0) is 17.0. The minimum absolute atomic E-state index is 0.205. The summed E-state index contributed by atoms with van der Waals surface area (Å²) in [5.41, 5.74) is 1.27. The Morgan fingerprint density at radius 1 is 1.23 bits per heavy atom. The monoisotopic (exact) mass is 312 g/mol. The number of nitrogens with one attached hydrogen (secondary N) is 3. The van der Waals surface area contributed by atoms with E-state index in [-0.39, 0.29) is 30.5 Å². The molecule has 3 N–H and O–H groups in total. The number of ether oxygens (including phenoxy) is 1. The van der Waals surface area contributed by atoms with Gasteiger partial charge in [0.2, 0.25) is 5.91 Å². The Labute approximate surface area is 130 Å². The molecule has 0 aromatic rings. The van der Waals surface area contributed by atoms with Crippen molar-refractivity contribution in [2.24, 2.45) is 5.10 Å². The first-order valence-electron chi connectivity index (χ1n) is 7.13. The van der Waals surface area contributed by atoms with Crippen LogP contribution in [0.5, 0.6) is 0 Å². The minimum atomic E-state index is -0.684. The van der Waals surface area contributed by atoms with Crippen LogP contribution in [0.15, 0.2) is 5.10 Å². The molecule has 0 saturated carbocycles. The van der Waals surface area contributed by atoms with Gasteiger partial charge in [0.25, 0.3) is 5.91 Å². The predicted molar refractivity (Wildman–Crippen MR) is 81.3 cm³/mol. The first-order valence-corrected chi connectivity index (χ1v) is 7.13. The number of carbonyl (C=O) groups is 3. The summed E-state index contributed by atoms with van der Waals surface area (Å²) < 4.78 is 5.17. The second-order valence-electron chi connectivity index (χ2n) is 6.79. The lowest BCUT2D eigenvalue weighted by atomic mass is 10.1. The molecule has 0 radical (unpaired) electrons. The molecular weight excluding hydrogens is 288 g/mol. The highest BCUT2D eigenvalue weighted by molar-refractivity contribution is 6.39. The van der Waals surface area contributed by atoms with Crippen molar-refractivity contribution in [3.8, 4) is 0 Å². The molecule has 0 fully saturated rings. The zero-order valence-electron chi connectivity index (χ0n) is 13.7. The number of amides is 3. The molecule has 0 saturated heterocycles. The maximum absolute atomic E-state index is 11.9. The van der Waals surface area contributed by atoms with Crippen LogP contribution in [-0.4, -0.2) is 41.3 Å². The van der Waals surface area contributed by atoms with Gasteiger partial charge in [0, 0.05) is 19.4 Å². The van der Waals surface area contributed by atoms with E-state index in [1.54, 1.807) is 34.6 Å². The van der Waals surface area contributed by atoms with Crippen molar-refractivity contribution >= 4 is 23.6 Å². The average molecular weight is 312 g/mol. The topological polar surface area (TPSA) is 109 Å². The summed E-state index contributed by atoms with van der Waals surface area (Å²) in [5.74, 6) is -0.567. The number of nitrogens with zero attached hydrogens (tertiary/aromatic N) is 1. The third kappa shape index (κ3) is 6.55. The standard InChI is InChI=1S/C14H24N4O4/c1-13(2,3)22-12(21)16-14(4,5)8-15-11(20)9-6-7-10(19)18-17-9/h6-8H2,1-5H3,(H,15,20)(H,16,21)(H,18,19). The van der Waals surface area contributed by atoms with E-state index in [4.69, 9.17) is 4.74 Å². The smallest absolute Gasteiger partial charge is 0.408 e. The van der Waals surface area contributed by atoms with E-state index >= 15 is 0 Å².